The van der Waals surface area contributed by atoms with Gasteiger partial charge in [-0.05, 0) is 19.6 Å². The lowest BCUT2D eigenvalue weighted by atomic mass is 9.90. The predicted molar refractivity (Wildman–Crippen MR) is 63.6 cm³/mol. The molecule has 0 aromatic rings. The molecule has 0 spiro atoms. The molecule has 96 valence electrons. The van der Waals surface area contributed by atoms with Crippen molar-refractivity contribution in [2.24, 2.45) is 0 Å². The molecule has 2 aliphatic rings. The summed E-state index contributed by atoms with van der Waals surface area (Å²) in [5.41, 5.74) is 0. The topological polar surface area (TPSA) is 66.8 Å². The monoisotopic (exact) mass is 259 g/mol. The molecule has 0 aliphatic carbocycles. The van der Waals surface area contributed by atoms with Crippen LogP contribution in [0.3, 0.4) is 0 Å². The molecule has 6 heteroatoms. The van der Waals surface area contributed by atoms with Crippen LogP contribution in [-0.4, -0.2) is 58.2 Å². The van der Waals surface area contributed by atoms with Crippen molar-refractivity contribution >= 4 is 23.5 Å². The minimum atomic E-state index is -0.854. The van der Waals surface area contributed by atoms with Crippen molar-refractivity contribution in [2.45, 2.75) is 43.4 Å². The summed E-state index contributed by atoms with van der Waals surface area (Å²) >= 11 is 1.52. The number of carbonyl (C=O) groups is 2. The number of ketones is 1. The first-order valence-electron chi connectivity index (χ1n) is 5.73. The van der Waals surface area contributed by atoms with Gasteiger partial charge in [0.05, 0.1) is 17.7 Å². The number of nitrogens with zero attached hydrogens (tertiary/aromatic N) is 1. The second-order valence-electron chi connectivity index (χ2n) is 4.41. The first kappa shape index (κ1) is 12.9. The van der Waals surface area contributed by atoms with Crippen LogP contribution in [0.2, 0.25) is 0 Å². The Morgan fingerprint density at radius 3 is 2.76 bits per heavy atom. The zero-order valence-electron chi connectivity index (χ0n) is 9.96. The normalized spacial score (nSPS) is 35.7. The summed E-state index contributed by atoms with van der Waals surface area (Å²) in [4.78, 5) is 24.8. The number of hydrogen-bond donors (Lipinski definition) is 1. The summed E-state index contributed by atoms with van der Waals surface area (Å²) in [6, 6.07) is -0.287. The number of carbonyl (C=O) groups excluding carboxylic acids is 2. The first-order chi connectivity index (χ1) is 8.06. The lowest BCUT2D eigenvalue weighted by molar-refractivity contribution is -0.177. The Kier molecular flexibility index (Phi) is 3.75. The van der Waals surface area contributed by atoms with Crippen molar-refractivity contribution in [1.29, 1.82) is 0 Å². The molecule has 1 N–H and O–H groups in total. The zero-order valence-corrected chi connectivity index (χ0v) is 10.8. The molecule has 2 aliphatic heterocycles. The fourth-order valence-corrected chi connectivity index (χ4v) is 3.14. The van der Waals surface area contributed by atoms with Crippen molar-refractivity contribution in [3.05, 3.63) is 0 Å². The van der Waals surface area contributed by atoms with E-state index >= 15 is 0 Å². The maximum absolute atomic E-state index is 12.1. The average molecular weight is 259 g/mol. The minimum absolute atomic E-state index is 0.0414. The summed E-state index contributed by atoms with van der Waals surface area (Å²) in [5.74, 6) is -0.0698. The third kappa shape index (κ3) is 2.21. The molecule has 0 radical (unpaired) electrons. The SMILES string of the molecule is CS[C@H]1CCO[C@H](C2CC(=O)N2[C@@H](C)O)C1=O. The number of ether oxygens (including phenoxy) is 1. The van der Waals surface area contributed by atoms with Crippen molar-refractivity contribution in [3.8, 4) is 0 Å². The number of aliphatic hydroxyl groups excluding tert-OH is 1. The largest absolute Gasteiger partial charge is 0.374 e. The molecule has 2 saturated heterocycles. The van der Waals surface area contributed by atoms with Crippen molar-refractivity contribution in [3.63, 3.8) is 0 Å². The van der Waals surface area contributed by atoms with Crippen LogP contribution in [-0.2, 0) is 14.3 Å². The molecular weight excluding hydrogens is 242 g/mol. The predicted octanol–water partition coefficient (Wildman–Crippen LogP) is 0.0152. The summed E-state index contributed by atoms with van der Waals surface area (Å²) in [7, 11) is 0. The van der Waals surface area contributed by atoms with E-state index in [2.05, 4.69) is 0 Å². The Morgan fingerprint density at radius 2 is 2.24 bits per heavy atom. The van der Waals surface area contributed by atoms with Crippen LogP contribution in [0.15, 0.2) is 0 Å². The molecule has 2 rings (SSSR count). The van der Waals surface area contributed by atoms with Crippen molar-refractivity contribution in [2.75, 3.05) is 12.9 Å². The number of thioether (sulfide) groups is 1. The molecule has 0 bridgehead atoms. The smallest absolute Gasteiger partial charge is 0.227 e. The highest BCUT2D eigenvalue weighted by atomic mass is 32.2. The Labute approximate surface area is 104 Å². The van der Waals surface area contributed by atoms with E-state index in [4.69, 9.17) is 4.74 Å². The van der Waals surface area contributed by atoms with Gasteiger partial charge < -0.3 is 14.7 Å². The van der Waals surface area contributed by atoms with Crippen molar-refractivity contribution in [1.82, 2.24) is 4.90 Å². The Morgan fingerprint density at radius 1 is 1.53 bits per heavy atom. The molecule has 0 aromatic carbocycles. The van der Waals surface area contributed by atoms with E-state index < -0.39 is 12.3 Å². The van der Waals surface area contributed by atoms with Crippen LogP contribution in [0.1, 0.15) is 19.8 Å². The molecule has 17 heavy (non-hydrogen) atoms. The highest BCUT2D eigenvalue weighted by Gasteiger charge is 2.49. The molecule has 0 aromatic heterocycles. The minimum Gasteiger partial charge on any atom is -0.374 e. The molecule has 5 nitrogen and oxygen atoms in total. The molecular formula is C11H17NO4S. The third-order valence-corrected chi connectivity index (χ3v) is 4.38. The van der Waals surface area contributed by atoms with E-state index in [9.17, 15) is 14.7 Å². The van der Waals surface area contributed by atoms with Gasteiger partial charge in [0.15, 0.2) is 5.78 Å². The van der Waals surface area contributed by atoms with Gasteiger partial charge in [-0.1, -0.05) is 0 Å². The van der Waals surface area contributed by atoms with E-state index in [0.29, 0.717) is 13.0 Å². The number of β-lactam (4-membered cyclic amide) rings is 1. The van der Waals surface area contributed by atoms with Gasteiger partial charge in [0, 0.05) is 6.61 Å². The number of Topliss-reactive ketones (excluding diaryl/α,β-unsaturated/α-hetero) is 1. The highest BCUT2D eigenvalue weighted by molar-refractivity contribution is 7.99. The number of rotatable bonds is 3. The highest BCUT2D eigenvalue weighted by Crippen LogP contribution is 2.31. The first-order valence-corrected chi connectivity index (χ1v) is 7.02. The summed E-state index contributed by atoms with van der Waals surface area (Å²) in [6.45, 7) is 2.07. The van der Waals surface area contributed by atoms with Gasteiger partial charge >= 0.3 is 0 Å². The number of hydrogen-bond acceptors (Lipinski definition) is 5. The number of amides is 1. The Balaban J connectivity index is 2.07. The third-order valence-electron chi connectivity index (χ3n) is 3.34. The quantitative estimate of drug-likeness (QED) is 0.724. The fraction of sp³-hybridized carbons (Fsp3) is 0.818. The average Bonchev–Trinajstić information content (AvgIpc) is 2.25. The van der Waals surface area contributed by atoms with Gasteiger partial charge in [-0.15, -0.1) is 0 Å². The zero-order chi connectivity index (χ0) is 12.6. The van der Waals surface area contributed by atoms with Gasteiger partial charge in [0.2, 0.25) is 5.91 Å². The fourth-order valence-electron chi connectivity index (χ4n) is 2.44. The molecule has 4 atom stereocenters. The van der Waals surface area contributed by atoms with Crippen LogP contribution < -0.4 is 0 Å². The van der Waals surface area contributed by atoms with Crippen LogP contribution in [0, 0.1) is 0 Å². The second kappa shape index (κ2) is 4.96. The maximum atomic E-state index is 12.1. The van der Waals surface area contributed by atoms with E-state index in [1.807, 2.05) is 6.26 Å². The molecule has 2 heterocycles. The number of aliphatic hydroxyl groups is 1. The molecule has 0 saturated carbocycles. The lowest BCUT2D eigenvalue weighted by Gasteiger charge is -2.47. The van der Waals surface area contributed by atoms with Crippen LogP contribution in [0.5, 0.6) is 0 Å². The molecule has 1 unspecified atom stereocenters. The van der Waals surface area contributed by atoms with Crippen molar-refractivity contribution < 1.29 is 19.4 Å². The van der Waals surface area contributed by atoms with Crippen LogP contribution in [0.4, 0.5) is 0 Å². The van der Waals surface area contributed by atoms with E-state index in [-0.39, 0.29) is 23.0 Å². The summed E-state index contributed by atoms with van der Waals surface area (Å²) < 4.78 is 5.49. The summed E-state index contributed by atoms with van der Waals surface area (Å²) in [5, 5.41) is 9.44. The van der Waals surface area contributed by atoms with E-state index in [0.717, 1.165) is 6.42 Å². The maximum Gasteiger partial charge on any atom is 0.227 e. The van der Waals surface area contributed by atoms with Gasteiger partial charge in [-0.3, -0.25) is 9.59 Å². The second-order valence-corrected chi connectivity index (χ2v) is 5.45. The van der Waals surface area contributed by atoms with Gasteiger partial charge in [0.1, 0.15) is 12.3 Å². The van der Waals surface area contributed by atoms with Gasteiger partial charge in [0.25, 0.3) is 0 Å². The lowest BCUT2D eigenvalue weighted by Crippen LogP contribution is -2.65. The van der Waals surface area contributed by atoms with E-state index in [1.165, 1.54) is 23.6 Å². The number of likely N-dealkylation sites (tertiary alicyclic amines) is 1. The molecule has 2 fully saturated rings. The summed E-state index contributed by atoms with van der Waals surface area (Å²) in [6.07, 6.45) is 1.51. The van der Waals surface area contributed by atoms with Gasteiger partial charge in [-0.25, -0.2) is 0 Å². The van der Waals surface area contributed by atoms with Crippen LogP contribution in [0.25, 0.3) is 0 Å². The van der Waals surface area contributed by atoms with Crippen LogP contribution >= 0.6 is 11.8 Å². The standard InChI is InChI=1S/C11H17NO4S/c1-6(13)12-7(5-9(12)14)11-10(15)8(17-2)3-4-16-11/h6-8,11,13H,3-5H2,1-2H3/t6-,7?,8+,11-/m1/s1. The van der Waals surface area contributed by atoms with E-state index in [1.54, 1.807) is 0 Å². The Hall–Kier alpha value is -0.590. The molecule has 1 amide bonds. The van der Waals surface area contributed by atoms with Gasteiger partial charge in [-0.2, -0.15) is 11.8 Å². The Bertz CT molecular complexity index is 333.